The van der Waals surface area contributed by atoms with E-state index in [-0.39, 0.29) is 35.2 Å². The van der Waals surface area contributed by atoms with Gasteiger partial charge in [-0.1, -0.05) is 69.2 Å². The quantitative estimate of drug-likeness (QED) is 0.112. The van der Waals surface area contributed by atoms with Gasteiger partial charge < -0.3 is 25.0 Å². The third-order valence-electron chi connectivity index (χ3n) is 8.17. The Morgan fingerprint density at radius 1 is 0.958 bits per heavy atom. The third kappa shape index (κ3) is 9.18. The number of carbonyl (C=O) groups is 2. The van der Waals surface area contributed by atoms with Gasteiger partial charge in [-0.25, -0.2) is 4.99 Å². The number of fused-ring (bicyclic) bond motifs is 1. The van der Waals surface area contributed by atoms with E-state index in [0.717, 1.165) is 48.8 Å². The second-order valence-corrected chi connectivity index (χ2v) is 11.8. The molecule has 1 heterocycles. The molecule has 10 heteroatoms. The third-order valence-corrected chi connectivity index (χ3v) is 8.17. The average Bonchev–Trinajstić information content (AvgIpc) is 3.10. The van der Waals surface area contributed by atoms with Crippen LogP contribution in [0, 0.1) is 10.8 Å². The first kappa shape index (κ1) is 35.6. The Bertz CT molecular complexity index is 1700. The number of hydrogen-bond acceptors (Lipinski definition) is 8. The van der Waals surface area contributed by atoms with Crippen molar-refractivity contribution in [2.75, 3.05) is 26.7 Å². The van der Waals surface area contributed by atoms with Gasteiger partial charge in [-0.3, -0.25) is 20.4 Å². The van der Waals surface area contributed by atoms with E-state index in [1.54, 1.807) is 35.2 Å². The van der Waals surface area contributed by atoms with E-state index >= 15 is 0 Å². The van der Waals surface area contributed by atoms with Crippen LogP contribution in [0.15, 0.2) is 83.5 Å². The van der Waals surface area contributed by atoms with E-state index in [4.69, 9.17) is 31.0 Å². The number of nitrogens with two attached hydrogens (primary N) is 1. The number of unbranched alkanes of at least 4 members (excludes halogenated alkanes) is 2. The fourth-order valence-corrected chi connectivity index (χ4v) is 5.52. The lowest BCUT2D eigenvalue weighted by Gasteiger charge is -2.29. The van der Waals surface area contributed by atoms with Gasteiger partial charge in [0.1, 0.15) is 5.70 Å². The lowest BCUT2D eigenvalue weighted by Crippen LogP contribution is -2.36. The minimum atomic E-state index is -0.270. The lowest BCUT2D eigenvalue weighted by atomic mass is 9.97. The normalized spacial score (nSPS) is 13.0. The molecule has 1 aliphatic rings. The van der Waals surface area contributed by atoms with Crippen LogP contribution in [0.5, 0.6) is 0 Å². The summed E-state index contributed by atoms with van der Waals surface area (Å²) in [4.78, 5) is 35.8. The zero-order chi connectivity index (χ0) is 34.6. The Hall–Kier alpha value is -5.25. The summed E-state index contributed by atoms with van der Waals surface area (Å²) in [5.41, 5.74) is 11.4. The Labute approximate surface area is 283 Å². The van der Waals surface area contributed by atoms with Crippen molar-refractivity contribution in [2.45, 2.75) is 59.4 Å². The largest absolute Gasteiger partial charge is 0.481 e. The minimum Gasteiger partial charge on any atom is -0.481 e. The molecule has 0 aliphatic carbocycles. The molecular weight excluding hydrogens is 604 g/mol. The van der Waals surface area contributed by atoms with Gasteiger partial charge in [0.2, 0.25) is 11.8 Å². The molecule has 0 saturated carbocycles. The van der Waals surface area contributed by atoms with Crippen LogP contribution in [0.1, 0.15) is 73.5 Å². The van der Waals surface area contributed by atoms with Gasteiger partial charge in [0.15, 0.2) is 5.90 Å². The van der Waals surface area contributed by atoms with Crippen molar-refractivity contribution in [1.29, 1.82) is 10.8 Å². The van der Waals surface area contributed by atoms with Gasteiger partial charge in [0.25, 0.3) is 11.8 Å². The molecule has 3 aromatic rings. The van der Waals surface area contributed by atoms with Gasteiger partial charge in [-0.15, -0.1) is 0 Å². The highest BCUT2D eigenvalue weighted by Gasteiger charge is 2.25. The van der Waals surface area contributed by atoms with Crippen molar-refractivity contribution in [2.24, 2.45) is 10.7 Å². The number of amides is 2. The molecule has 4 rings (SSSR count). The fraction of sp³-hybridized carbons (Fsp3) is 0.342. The number of carbonyl (C=O) groups excluding carboxylic acids is 2. The first-order valence-corrected chi connectivity index (χ1v) is 16.5. The molecular formula is C38H46N6O4. The van der Waals surface area contributed by atoms with E-state index in [0.29, 0.717) is 43.0 Å². The summed E-state index contributed by atoms with van der Waals surface area (Å²) in [7, 11) is 1.45. The van der Waals surface area contributed by atoms with E-state index in [1.807, 2.05) is 35.2 Å². The summed E-state index contributed by atoms with van der Waals surface area (Å²) in [5.74, 6) is -0.574. The molecule has 0 bridgehead atoms. The fourth-order valence-electron chi connectivity index (χ4n) is 5.52. The predicted molar refractivity (Wildman–Crippen MR) is 191 cm³/mol. The molecule has 0 saturated heterocycles. The molecule has 0 unspecified atom stereocenters. The summed E-state index contributed by atoms with van der Waals surface area (Å²) < 4.78 is 10.8. The highest BCUT2D eigenvalue weighted by Crippen LogP contribution is 2.31. The number of rotatable bonds is 12. The summed E-state index contributed by atoms with van der Waals surface area (Å²) in [6.07, 6.45) is 5.85. The van der Waals surface area contributed by atoms with Crippen molar-refractivity contribution in [3.8, 4) is 11.1 Å². The first-order valence-electron chi connectivity index (χ1n) is 16.5. The number of aliphatic imine (C=N–C) groups is 1. The molecule has 0 fully saturated rings. The zero-order valence-corrected chi connectivity index (χ0v) is 28.3. The Morgan fingerprint density at radius 2 is 1.65 bits per heavy atom. The first-order chi connectivity index (χ1) is 23.1. The minimum absolute atomic E-state index is 0.0154. The van der Waals surface area contributed by atoms with Crippen molar-refractivity contribution >= 4 is 35.2 Å². The van der Waals surface area contributed by atoms with E-state index < -0.39 is 0 Å². The van der Waals surface area contributed by atoms with Crippen LogP contribution in [-0.2, 0) is 27.2 Å². The van der Waals surface area contributed by atoms with Crippen LogP contribution in [0.25, 0.3) is 11.1 Å². The summed E-state index contributed by atoms with van der Waals surface area (Å²) in [6, 6.07) is 20.7. The van der Waals surface area contributed by atoms with Gasteiger partial charge in [-0.05, 0) is 65.8 Å². The lowest BCUT2D eigenvalue weighted by molar-refractivity contribution is -0.127. The van der Waals surface area contributed by atoms with Crippen LogP contribution in [0.4, 0.5) is 5.69 Å². The molecule has 252 valence electrons. The number of methoxy groups -OCH3 is 1. The van der Waals surface area contributed by atoms with Gasteiger partial charge in [0, 0.05) is 44.7 Å². The number of nitrogens with zero attached hydrogens (tertiary/aromatic N) is 3. The molecule has 0 radical (unpaired) electrons. The van der Waals surface area contributed by atoms with Crippen LogP contribution in [0.3, 0.4) is 0 Å². The van der Waals surface area contributed by atoms with Crippen molar-refractivity contribution in [1.82, 2.24) is 9.80 Å². The molecule has 2 amide bonds. The molecule has 3 aromatic carbocycles. The highest BCUT2D eigenvalue weighted by atomic mass is 16.5. The second-order valence-electron chi connectivity index (χ2n) is 11.8. The Balaban J connectivity index is 1.74. The molecule has 1 aliphatic heterocycles. The summed E-state index contributed by atoms with van der Waals surface area (Å²) in [6.45, 7) is 7.90. The predicted octanol–water partition coefficient (Wildman–Crippen LogP) is 6.84. The zero-order valence-electron chi connectivity index (χ0n) is 28.3. The molecule has 0 atom stereocenters. The van der Waals surface area contributed by atoms with Crippen LogP contribution in [0.2, 0.25) is 0 Å². The topological polar surface area (TPSA) is 145 Å². The maximum atomic E-state index is 14.2. The van der Waals surface area contributed by atoms with Gasteiger partial charge in [-0.2, -0.15) is 0 Å². The van der Waals surface area contributed by atoms with Gasteiger partial charge >= 0.3 is 0 Å². The second kappa shape index (κ2) is 17.1. The Morgan fingerprint density at radius 3 is 2.31 bits per heavy atom. The standard InChI is InChI=1S/C38H46N6O4/c1-5-7-19-43(20-8-6-2)38(46)33(40)24-35(47-4)42-34-17-16-29(28-14-11-15-30(22-28)36(41)48-26(3)39)23-32(34)37(45)44-21-18-27-12-9-10-13-31(27)25-44/h9-17,22-24,39,41H,5-8,18-21,25,40H2,1-4H3/b33-24-,39-26?,41-36?,42-35?. The molecule has 0 spiro atoms. The van der Waals surface area contributed by atoms with Crippen LogP contribution in [-0.4, -0.2) is 66.1 Å². The van der Waals surface area contributed by atoms with Crippen molar-refractivity contribution < 1.29 is 19.1 Å². The van der Waals surface area contributed by atoms with Crippen molar-refractivity contribution in [3.05, 3.63) is 101 Å². The highest BCUT2D eigenvalue weighted by molar-refractivity contribution is 6.04. The van der Waals surface area contributed by atoms with Crippen LogP contribution >= 0.6 is 0 Å². The smallest absolute Gasteiger partial charge is 0.269 e. The monoisotopic (exact) mass is 650 g/mol. The van der Waals surface area contributed by atoms with Gasteiger partial charge in [0.05, 0.1) is 18.4 Å². The maximum absolute atomic E-state index is 14.2. The number of nitrogens with one attached hydrogen (secondary N) is 2. The summed E-state index contributed by atoms with van der Waals surface area (Å²) >= 11 is 0. The summed E-state index contributed by atoms with van der Waals surface area (Å²) in [5, 5.41) is 15.8. The SMILES string of the molecule is CCCCN(CCCC)C(=O)/C(N)=C/C(=Nc1ccc(-c2cccc(C(=N)OC(C)=N)c2)cc1C(=O)N1CCc2ccccc2C1)OC. The number of hydrogen-bond donors (Lipinski definition) is 3. The van der Waals surface area contributed by atoms with Crippen molar-refractivity contribution in [3.63, 3.8) is 0 Å². The molecule has 10 nitrogen and oxygen atoms in total. The molecule has 0 aromatic heterocycles. The number of benzene rings is 3. The van der Waals surface area contributed by atoms with E-state index in [9.17, 15) is 9.59 Å². The van der Waals surface area contributed by atoms with E-state index in [1.165, 1.54) is 25.7 Å². The van der Waals surface area contributed by atoms with E-state index in [2.05, 4.69) is 19.9 Å². The number of ether oxygens (including phenoxy) is 2. The van der Waals surface area contributed by atoms with Crippen LogP contribution < -0.4 is 5.73 Å². The average molecular weight is 651 g/mol. The molecule has 4 N–H and O–H groups in total. The maximum Gasteiger partial charge on any atom is 0.269 e. The Kier molecular flexibility index (Phi) is 12.7. The molecule has 48 heavy (non-hydrogen) atoms.